The van der Waals surface area contributed by atoms with Crippen LogP contribution in [-0.2, 0) is 9.53 Å². The lowest BCUT2D eigenvalue weighted by molar-refractivity contribution is -0.274. The summed E-state index contributed by atoms with van der Waals surface area (Å²) < 4.78 is 44.5. The number of halogens is 3. The van der Waals surface area contributed by atoms with Crippen molar-refractivity contribution in [3.05, 3.63) is 35.9 Å². The zero-order valence-corrected chi connectivity index (χ0v) is 11.0. The molecular formula is C13H14F3NO3. The highest BCUT2D eigenvalue weighted by Crippen LogP contribution is 2.24. The first-order valence-corrected chi connectivity index (χ1v) is 5.66. The number of carbonyl (C=O) groups excluding carboxylic acids is 1. The van der Waals surface area contributed by atoms with Gasteiger partial charge >= 0.3 is 12.3 Å². The SMILES string of the molecule is COC(=O)/C(C)=C/CNc1cccc(OC(F)(F)F)c1. The fraction of sp³-hybridized carbons (Fsp3) is 0.308. The molecule has 0 unspecified atom stereocenters. The summed E-state index contributed by atoms with van der Waals surface area (Å²) in [5.41, 5.74) is 0.850. The molecule has 0 saturated carbocycles. The Morgan fingerprint density at radius 2 is 2.10 bits per heavy atom. The molecule has 0 aliphatic heterocycles. The van der Waals surface area contributed by atoms with Gasteiger partial charge in [0.15, 0.2) is 0 Å². The van der Waals surface area contributed by atoms with E-state index in [0.717, 1.165) is 0 Å². The van der Waals surface area contributed by atoms with Gasteiger partial charge in [0, 0.05) is 23.9 Å². The van der Waals surface area contributed by atoms with Gasteiger partial charge in [0.1, 0.15) is 5.75 Å². The van der Waals surface area contributed by atoms with Crippen LogP contribution in [0, 0.1) is 0 Å². The quantitative estimate of drug-likeness (QED) is 0.668. The number of anilines is 1. The van der Waals surface area contributed by atoms with Gasteiger partial charge in [0.25, 0.3) is 0 Å². The monoisotopic (exact) mass is 289 g/mol. The summed E-state index contributed by atoms with van der Waals surface area (Å²) in [4.78, 5) is 11.1. The van der Waals surface area contributed by atoms with Crippen LogP contribution in [0.15, 0.2) is 35.9 Å². The van der Waals surface area contributed by atoms with E-state index >= 15 is 0 Å². The molecule has 1 aromatic rings. The number of rotatable bonds is 5. The molecule has 7 heteroatoms. The molecule has 0 aromatic heterocycles. The maximum absolute atomic E-state index is 12.1. The zero-order valence-electron chi connectivity index (χ0n) is 11.0. The number of benzene rings is 1. The van der Waals surface area contributed by atoms with Crippen molar-refractivity contribution in [1.29, 1.82) is 0 Å². The topological polar surface area (TPSA) is 47.6 Å². The van der Waals surface area contributed by atoms with Crippen LogP contribution in [0.5, 0.6) is 5.75 Å². The van der Waals surface area contributed by atoms with Crippen LogP contribution in [0.1, 0.15) is 6.92 Å². The van der Waals surface area contributed by atoms with E-state index in [2.05, 4.69) is 14.8 Å². The normalized spacial score (nSPS) is 11.9. The van der Waals surface area contributed by atoms with Crippen molar-refractivity contribution in [2.75, 3.05) is 19.0 Å². The molecule has 0 atom stereocenters. The van der Waals surface area contributed by atoms with E-state index in [1.54, 1.807) is 19.1 Å². The minimum Gasteiger partial charge on any atom is -0.466 e. The van der Waals surface area contributed by atoms with Crippen molar-refractivity contribution < 1.29 is 27.4 Å². The molecule has 4 nitrogen and oxygen atoms in total. The fourth-order valence-corrected chi connectivity index (χ4v) is 1.37. The van der Waals surface area contributed by atoms with Crippen molar-refractivity contribution >= 4 is 11.7 Å². The standard InChI is InChI=1S/C13H14F3NO3/c1-9(12(18)19-2)6-7-17-10-4-3-5-11(8-10)20-13(14,15)16/h3-6,8,17H,7H2,1-2H3/b9-6+. The lowest BCUT2D eigenvalue weighted by Crippen LogP contribution is -2.17. The Labute approximate surface area is 114 Å². The highest BCUT2D eigenvalue weighted by atomic mass is 19.4. The summed E-state index contributed by atoms with van der Waals surface area (Å²) in [6, 6.07) is 5.44. The molecule has 0 heterocycles. The third-order valence-corrected chi connectivity index (χ3v) is 2.29. The molecule has 1 rings (SSSR count). The molecule has 1 aromatic carbocycles. The Bertz CT molecular complexity index is 498. The highest BCUT2D eigenvalue weighted by molar-refractivity contribution is 5.87. The molecular weight excluding hydrogens is 275 g/mol. The Balaban J connectivity index is 2.61. The van der Waals surface area contributed by atoms with Gasteiger partial charge in [-0.25, -0.2) is 4.79 Å². The van der Waals surface area contributed by atoms with Crippen molar-refractivity contribution in [3.63, 3.8) is 0 Å². The smallest absolute Gasteiger partial charge is 0.466 e. The van der Waals surface area contributed by atoms with Crippen LogP contribution >= 0.6 is 0 Å². The summed E-state index contributed by atoms with van der Waals surface area (Å²) in [7, 11) is 1.27. The second kappa shape index (κ2) is 6.83. The lowest BCUT2D eigenvalue weighted by atomic mass is 10.2. The van der Waals surface area contributed by atoms with Gasteiger partial charge in [-0.3, -0.25) is 0 Å². The van der Waals surface area contributed by atoms with Gasteiger partial charge < -0.3 is 14.8 Å². The molecule has 0 bridgehead atoms. The Hall–Kier alpha value is -2.18. The van der Waals surface area contributed by atoms with Gasteiger partial charge in [-0.05, 0) is 19.1 Å². The number of hydrogen-bond donors (Lipinski definition) is 1. The summed E-state index contributed by atoms with van der Waals surface area (Å²) in [6.07, 6.45) is -3.15. The van der Waals surface area contributed by atoms with Crippen LogP contribution in [-0.4, -0.2) is 26.0 Å². The maximum atomic E-state index is 12.1. The van der Waals surface area contributed by atoms with Crippen molar-refractivity contribution in [2.45, 2.75) is 13.3 Å². The summed E-state index contributed by atoms with van der Waals surface area (Å²) in [5.74, 6) is -0.767. The first-order chi connectivity index (χ1) is 9.31. The molecule has 0 fully saturated rings. The average Bonchev–Trinajstić information content (AvgIpc) is 2.36. The summed E-state index contributed by atoms with van der Waals surface area (Å²) >= 11 is 0. The van der Waals surface area contributed by atoms with Gasteiger partial charge in [0.2, 0.25) is 0 Å². The second-order valence-corrected chi connectivity index (χ2v) is 3.84. The van der Waals surface area contributed by atoms with E-state index in [-0.39, 0.29) is 12.3 Å². The Morgan fingerprint density at radius 1 is 1.40 bits per heavy atom. The molecule has 0 radical (unpaired) electrons. The first-order valence-electron chi connectivity index (χ1n) is 5.66. The third kappa shape index (κ3) is 5.64. The van der Waals surface area contributed by atoms with E-state index in [4.69, 9.17) is 0 Å². The summed E-state index contributed by atoms with van der Waals surface area (Å²) in [6.45, 7) is 1.85. The number of ether oxygens (including phenoxy) is 2. The van der Waals surface area contributed by atoms with Gasteiger partial charge in [0.05, 0.1) is 7.11 Å². The van der Waals surface area contributed by atoms with Crippen LogP contribution in [0.3, 0.4) is 0 Å². The van der Waals surface area contributed by atoms with Crippen LogP contribution in [0.25, 0.3) is 0 Å². The molecule has 1 N–H and O–H groups in total. The molecule has 0 aliphatic rings. The zero-order chi connectivity index (χ0) is 15.2. The van der Waals surface area contributed by atoms with Crippen LogP contribution in [0.2, 0.25) is 0 Å². The second-order valence-electron chi connectivity index (χ2n) is 3.84. The number of methoxy groups -OCH3 is 1. The first kappa shape index (κ1) is 15.9. The highest BCUT2D eigenvalue weighted by Gasteiger charge is 2.31. The van der Waals surface area contributed by atoms with Gasteiger partial charge in [-0.15, -0.1) is 13.2 Å². The van der Waals surface area contributed by atoms with Gasteiger partial charge in [-0.1, -0.05) is 12.1 Å². The largest absolute Gasteiger partial charge is 0.573 e. The predicted molar refractivity (Wildman–Crippen MR) is 67.4 cm³/mol. The van der Waals surface area contributed by atoms with E-state index in [1.165, 1.54) is 25.3 Å². The third-order valence-electron chi connectivity index (χ3n) is 2.29. The number of esters is 1. The molecule has 0 saturated heterocycles. The predicted octanol–water partition coefficient (Wildman–Crippen LogP) is 3.12. The lowest BCUT2D eigenvalue weighted by Gasteiger charge is -2.10. The molecule has 0 amide bonds. The number of carbonyl (C=O) groups is 1. The Morgan fingerprint density at radius 3 is 2.70 bits per heavy atom. The Kier molecular flexibility index (Phi) is 5.42. The molecule has 110 valence electrons. The van der Waals surface area contributed by atoms with Gasteiger partial charge in [-0.2, -0.15) is 0 Å². The number of hydrogen-bond acceptors (Lipinski definition) is 4. The summed E-state index contributed by atoms with van der Waals surface area (Å²) in [5, 5.41) is 2.85. The van der Waals surface area contributed by atoms with E-state index < -0.39 is 12.3 Å². The minimum atomic E-state index is -4.72. The van der Waals surface area contributed by atoms with Crippen molar-refractivity contribution in [3.8, 4) is 5.75 Å². The molecule has 0 aliphatic carbocycles. The van der Waals surface area contributed by atoms with Crippen LogP contribution < -0.4 is 10.1 Å². The van der Waals surface area contributed by atoms with E-state index in [0.29, 0.717) is 11.3 Å². The average molecular weight is 289 g/mol. The fourth-order valence-electron chi connectivity index (χ4n) is 1.37. The number of alkyl halides is 3. The van der Waals surface area contributed by atoms with E-state index in [9.17, 15) is 18.0 Å². The minimum absolute atomic E-state index is 0.274. The number of nitrogens with one attached hydrogen (secondary N) is 1. The van der Waals surface area contributed by atoms with Crippen molar-refractivity contribution in [2.24, 2.45) is 0 Å². The maximum Gasteiger partial charge on any atom is 0.573 e. The van der Waals surface area contributed by atoms with Crippen LogP contribution in [0.4, 0.5) is 18.9 Å². The molecule has 0 spiro atoms. The van der Waals surface area contributed by atoms with Crippen molar-refractivity contribution in [1.82, 2.24) is 0 Å². The molecule has 20 heavy (non-hydrogen) atoms. The van der Waals surface area contributed by atoms with E-state index in [1.807, 2.05) is 0 Å².